The monoisotopic (exact) mass is 318 g/mol. The van der Waals surface area contributed by atoms with Gasteiger partial charge in [0, 0.05) is 33.9 Å². The molecule has 0 atom stereocenters. The van der Waals surface area contributed by atoms with Crippen molar-refractivity contribution in [1.82, 2.24) is 0 Å². The average molecular weight is 319 g/mol. The fraction of sp³-hybridized carbons (Fsp3) is 0.333. The molecule has 0 aromatic heterocycles. The minimum atomic E-state index is 1.22. The summed E-state index contributed by atoms with van der Waals surface area (Å²) in [5.41, 5.74) is 7.69. The first-order chi connectivity index (χ1) is 9.88. The Bertz CT molecular complexity index is 559. The minimum absolute atomic E-state index is 1.22. The maximum atomic E-state index is 5.84. The van der Waals surface area contributed by atoms with Crippen molar-refractivity contribution >= 4 is 24.1 Å². The van der Waals surface area contributed by atoms with Gasteiger partial charge in [-0.3, -0.25) is 0 Å². The van der Waals surface area contributed by atoms with Gasteiger partial charge in [-0.25, -0.2) is 3.63 Å². The van der Waals surface area contributed by atoms with Crippen molar-refractivity contribution in [2.45, 2.75) is 51.3 Å². The third kappa shape index (κ3) is 4.06. The Morgan fingerprint density at radius 1 is 0.571 bits per heavy atom. The van der Waals surface area contributed by atoms with E-state index in [-0.39, 0.29) is 0 Å². The van der Waals surface area contributed by atoms with Gasteiger partial charge in [0.15, 0.2) is 0 Å². The van der Waals surface area contributed by atoms with E-state index in [2.05, 4.69) is 65.8 Å². The predicted molar refractivity (Wildman–Crippen MR) is 94.1 cm³/mol. The molecule has 0 aliphatic carbocycles. The van der Waals surface area contributed by atoms with Crippen LogP contribution in [0.5, 0.6) is 0 Å². The maximum Gasteiger partial charge on any atom is 0.0453 e. The van der Waals surface area contributed by atoms with Crippen molar-refractivity contribution in [1.29, 1.82) is 0 Å². The van der Waals surface area contributed by atoms with Gasteiger partial charge in [0.2, 0.25) is 0 Å². The zero-order valence-electron chi connectivity index (χ0n) is 13.5. The Balaban J connectivity index is 2.09. The molecule has 0 saturated carbocycles. The molecule has 0 heterocycles. The quantitative estimate of drug-likeness (QED) is 0.615. The van der Waals surface area contributed by atoms with Gasteiger partial charge in [0.05, 0.1) is 0 Å². The van der Waals surface area contributed by atoms with Crippen molar-refractivity contribution in [2.24, 2.45) is 0 Å². The highest BCUT2D eigenvalue weighted by Gasteiger charge is 2.09. The lowest BCUT2D eigenvalue weighted by Gasteiger charge is -2.12. The largest absolute Gasteiger partial charge is 0.237 e. The molecule has 0 amide bonds. The van der Waals surface area contributed by atoms with Gasteiger partial charge in [0.25, 0.3) is 0 Å². The molecule has 0 saturated heterocycles. The molecule has 0 aliphatic rings. The summed E-state index contributed by atoms with van der Waals surface area (Å²) in [6.07, 6.45) is 0. The lowest BCUT2D eigenvalue weighted by Crippen LogP contribution is -1.89. The van der Waals surface area contributed by atoms with E-state index in [1.807, 2.05) is 0 Å². The van der Waals surface area contributed by atoms with Crippen LogP contribution in [0.25, 0.3) is 0 Å². The third-order valence-electron chi connectivity index (χ3n) is 3.44. The number of rotatable bonds is 4. The first-order valence-electron chi connectivity index (χ1n) is 7.05. The predicted octanol–water partition coefficient (Wildman–Crippen LogP) is 6.27. The lowest BCUT2D eigenvalue weighted by atomic mass is 10.1. The normalized spacial score (nSPS) is 11.0. The van der Waals surface area contributed by atoms with Gasteiger partial charge >= 0.3 is 0 Å². The molecular formula is C18H22OS2. The van der Waals surface area contributed by atoms with E-state index in [1.165, 1.54) is 67.3 Å². The molecule has 0 N–H and O–H groups in total. The van der Waals surface area contributed by atoms with Crippen LogP contribution in [0.3, 0.4) is 0 Å². The summed E-state index contributed by atoms with van der Waals surface area (Å²) in [6, 6.07) is 8.80. The van der Waals surface area contributed by atoms with Crippen molar-refractivity contribution in [3.8, 4) is 0 Å². The van der Waals surface area contributed by atoms with Crippen LogP contribution in [0.4, 0.5) is 0 Å². The average Bonchev–Trinajstić information content (AvgIpc) is 2.34. The van der Waals surface area contributed by atoms with Crippen molar-refractivity contribution in [2.75, 3.05) is 0 Å². The second kappa shape index (κ2) is 6.91. The minimum Gasteiger partial charge on any atom is -0.237 e. The fourth-order valence-electron chi connectivity index (χ4n) is 2.68. The van der Waals surface area contributed by atoms with Crippen molar-refractivity contribution in [3.63, 3.8) is 0 Å². The summed E-state index contributed by atoms with van der Waals surface area (Å²) in [6.45, 7) is 12.8. The number of hydrogen-bond acceptors (Lipinski definition) is 3. The molecule has 21 heavy (non-hydrogen) atoms. The van der Waals surface area contributed by atoms with Gasteiger partial charge in [-0.15, -0.1) is 0 Å². The molecule has 3 heteroatoms. The summed E-state index contributed by atoms with van der Waals surface area (Å²) in [5, 5.41) is 0. The van der Waals surface area contributed by atoms with Crippen molar-refractivity contribution < 1.29 is 3.63 Å². The fourth-order valence-corrected chi connectivity index (χ4v) is 4.12. The van der Waals surface area contributed by atoms with Crippen LogP contribution in [0.1, 0.15) is 33.4 Å². The van der Waals surface area contributed by atoms with Gasteiger partial charge in [-0.05, 0) is 63.8 Å². The summed E-state index contributed by atoms with van der Waals surface area (Å²) < 4.78 is 5.84. The number of hydrogen-bond donors (Lipinski definition) is 0. The van der Waals surface area contributed by atoms with Crippen LogP contribution < -0.4 is 0 Å². The summed E-state index contributed by atoms with van der Waals surface area (Å²) in [7, 11) is 0. The second-order valence-corrected chi connectivity index (χ2v) is 7.38. The van der Waals surface area contributed by atoms with E-state index in [0.29, 0.717) is 0 Å². The molecule has 0 bridgehead atoms. The standard InChI is InChI=1S/C18H22OS2/c1-11-7-13(3)17(14(4)8-11)20-19-21-18-15(5)9-12(2)10-16(18)6/h7-10H,1-6H3. The molecule has 0 unspecified atom stereocenters. The molecule has 112 valence electrons. The Morgan fingerprint density at radius 2 is 0.857 bits per heavy atom. The maximum absolute atomic E-state index is 5.84. The van der Waals surface area contributed by atoms with Gasteiger partial charge in [-0.1, -0.05) is 35.4 Å². The van der Waals surface area contributed by atoms with Gasteiger partial charge in [0.1, 0.15) is 0 Å². The zero-order chi connectivity index (χ0) is 15.6. The van der Waals surface area contributed by atoms with E-state index < -0.39 is 0 Å². The zero-order valence-corrected chi connectivity index (χ0v) is 15.2. The summed E-state index contributed by atoms with van der Waals surface area (Å²) >= 11 is 2.92. The van der Waals surface area contributed by atoms with Crippen molar-refractivity contribution in [3.05, 3.63) is 57.6 Å². The molecule has 0 spiro atoms. The Labute approximate surface area is 136 Å². The van der Waals surface area contributed by atoms with Crippen LogP contribution in [0.2, 0.25) is 0 Å². The Morgan fingerprint density at radius 3 is 1.14 bits per heavy atom. The Hall–Kier alpha value is -0.900. The molecule has 2 aromatic carbocycles. The van der Waals surface area contributed by atoms with E-state index in [9.17, 15) is 0 Å². The van der Waals surface area contributed by atoms with E-state index in [0.717, 1.165) is 0 Å². The van der Waals surface area contributed by atoms with E-state index >= 15 is 0 Å². The molecule has 0 radical (unpaired) electrons. The summed E-state index contributed by atoms with van der Waals surface area (Å²) in [5.74, 6) is 0. The highest BCUT2D eigenvalue weighted by molar-refractivity contribution is 8.08. The van der Waals surface area contributed by atoms with Gasteiger partial charge in [-0.2, -0.15) is 0 Å². The van der Waals surface area contributed by atoms with Crippen LogP contribution >= 0.6 is 24.1 Å². The first kappa shape index (κ1) is 16.5. The topological polar surface area (TPSA) is 9.23 Å². The highest BCUT2D eigenvalue weighted by Crippen LogP contribution is 2.36. The third-order valence-corrected chi connectivity index (χ3v) is 5.61. The molecule has 2 aromatic rings. The van der Waals surface area contributed by atoms with Crippen LogP contribution in [-0.4, -0.2) is 0 Å². The molecule has 0 aliphatic heterocycles. The van der Waals surface area contributed by atoms with E-state index in [4.69, 9.17) is 3.63 Å². The highest BCUT2D eigenvalue weighted by atomic mass is 32.2. The smallest absolute Gasteiger partial charge is 0.0453 e. The first-order valence-corrected chi connectivity index (χ1v) is 8.53. The molecule has 0 fully saturated rings. The van der Waals surface area contributed by atoms with Crippen LogP contribution in [0.15, 0.2) is 34.1 Å². The van der Waals surface area contributed by atoms with Gasteiger partial charge < -0.3 is 0 Å². The van der Waals surface area contributed by atoms with Crippen LogP contribution in [-0.2, 0) is 3.63 Å². The number of aryl methyl sites for hydroxylation is 6. The molecule has 2 rings (SSSR count). The Kier molecular flexibility index (Phi) is 5.42. The van der Waals surface area contributed by atoms with E-state index in [1.54, 1.807) is 0 Å². The second-order valence-electron chi connectivity index (χ2n) is 5.69. The van der Waals surface area contributed by atoms with Crippen LogP contribution in [0, 0.1) is 41.5 Å². The summed E-state index contributed by atoms with van der Waals surface area (Å²) in [4.78, 5) is 2.44. The SMILES string of the molecule is Cc1cc(C)c(SOSc2c(C)cc(C)cc2C)c(C)c1. The molecular weight excluding hydrogens is 296 g/mol. The lowest BCUT2D eigenvalue weighted by molar-refractivity contribution is 0.752. The number of benzene rings is 2. The molecule has 1 nitrogen and oxygen atoms in total.